The molecule has 0 spiro atoms. The summed E-state index contributed by atoms with van der Waals surface area (Å²) in [6.45, 7) is 1.90. The van der Waals surface area contributed by atoms with Crippen molar-refractivity contribution in [2.75, 3.05) is 13.1 Å². The molecule has 1 saturated carbocycles. The summed E-state index contributed by atoms with van der Waals surface area (Å²) in [6, 6.07) is 9.73. The lowest BCUT2D eigenvalue weighted by Gasteiger charge is -2.31. The van der Waals surface area contributed by atoms with Gasteiger partial charge in [0.15, 0.2) is 0 Å². The number of amides is 1. The van der Waals surface area contributed by atoms with Gasteiger partial charge >= 0.3 is 0 Å². The Bertz CT molecular complexity index is 689. The van der Waals surface area contributed by atoms with E-state index in [4.69, 9.17) is 9.26 Å². The average molecular weight is 327 g/mol. The molecule has 126 valence electrons. The fourth-order valence-corrected chi connectivity index (χ4v) is 3.04. The monoisotopic (exact) mass is 327 g/mol. The van der Waals surface area contributed by atoms with E-state index in [9.17, 15) is 4.79 Å². The summed E-state index contributed by atoms with van der Waals surface area (Å²) >= 11 is 0. The van der Waals surface area contributed by atoms with Crippen LogP contribution in [0, 0.1) is 5.92 Å². The highest BCUT2D eigenvalue weighted by molar-refractivity contribution is 5.81. The second kappa shape index (κ2) is 6.73. The molecule has 1 saturated heterocycles. The molecule has 4 rings (SSSR count). The first-order valence-electron chi connectivity index (χ1n) is 8.58. The van der Waals surface area contributed by atoms with Crippen molar-refractivity contribution in [2.45, 2.75) is 38.4 Å². The standard InChI is InChI=1S/C18H21N3O3/c22-18(14-6-7-14)21-10-8-15(9-11-21)23-12-16-19-17(20-24-16)13-4-2-1-3-5-13/h1-5,14-15H,6-12H2. The van der Waals surface area contributed by atoms with Crippen molar-refractivity contribution < 1.29 is 14.1 Å². The summed E-state index contributed by atoms with van der Waals surface area (Å²) in [6.07, 6.45) is 4.03. The molecule has 6 nitrogen and oxygen atoms in total. The molecule has 24 heavy (non-hydrogen) atoms. The van der Waals surface area contributed by atoms with E-state index in [1.54, 1.807) is 0 Å². The first-order chi connectivity index (χ1) is 11.8. The van der Waals surface area contributed by atoms with Gasteiger partial charge in [0.2, 0.25) is 11.7 Å². The Morgan fingerprint density at radius 3 is 2.62 bits per heavy atom. The van der Waals surface area contributed by atoms with Crippen LogP contribution in [-0.2, 0) is 16.1 Å². The van der Waals surface area contributed by atoms with E-state index in [1.165, 1.54) is 0 Å². The van der Waals surface area contributed by atoms with E-state index in [1.807, 2.05) is 35.2 Å². The van der Waals surface area contributed by atoms with Gasteiger partial charge in [-0.3, -0.25) is 4.79 Å². The number of ether oxygens (including phenoxy) is 1. The number of nitrogens with zero attached hydrogens (tertiary/aromatic N) is 3. The molecule has 0 bridgehead atoms. The molecule has 2 aromatic rings. The minimum absolute atomic E-state index is 0.153. The predicted molar refractivity (Wildman–Crippen MR) is 86.8 cm³/mol. The Kier molecular flexibility index (Phi) is 4.30. The maximum atomic E-state index is 12.0. The predicted octanol–water partition coefficient (Wildman–Crippen LogP) is 2.65. The van der Waals surface area contributed by atoms with E-state index in [0.29, 0.717) is 30.1 Å². The number of benzene rings is 1. The summed E-state index contributed by atoms with van der Waals surface area (Å²) in [5, 5.41) is 3.99. The molecule has 0 atom stereocenters. The maximum Gasteiger partial charge on any atom is 0.252 e. The van der Waals surface area contributed by atoms with E-state index < -0.39 is 0 Å². The highest BCUT2D eigenvalue weighted by Crippen LogP contribution is 2.32. The highest BCUT2D eigenvalue weighted by Gasteiger charge is 2.35. The van der Waals surface area contributed by atoms with Crippen LogP contribution < -0.4 is 0 Å². The van der Waals surface area contributed by atoms with Gasteiger partial charge in [-0.1, -0.05) is 35.5 Å². The van der Waals surface area contributed by atoms with E-state index in [2.05, 4.69) is 10.1 Å². The zero-order valence-corrected chi connectivity index (χ0v) is 13.6. The third-order valence-corrected chi connectivity index (χ3v) is 4.62. The number of likely N-dealkylation sites (tertiary alicyclic amines) is 1. The minimum atomic E-state index is 0.153. The zero-order valence-electron chi connectivity index (χ0n) is 13.6. The van der Waals surface area contributed by atoms with Crippen LogP contribution in [0.3, 0.4) is 0 Å². The van der Waals surface area contributed by atoms with Gasteiger partial charge < -0.3 is 14.2 Å². The van der Waals surface area contributed by atoms with Gasteiger partial charge in [0, 0.05) is 24.6 Å². The molecule has 1 aliphatic heterocycles. The van der Waals surface area contributed by atoms with Crippen LogP contribution in [0.4, 0.5) is 0 Å². The normalized spacial score (nSPS) is 18.8. The topological polar surface area (TPSA) is 68.5 Å². The Balaban J connectivity index is 1.26. The van der Waals surface area contributed by atoms with Crippen LogP contribution in [-0.4, -0.2) is 40.1 Å². The van der Waals surface area contributed by atoms with Crippen LogP contribution in [0.1, 0.15) is 31.6 Å². The van der Waals surface area contributed by atoms with Crippen LogP contribution >= 0.6 is 0 Å². The third-order valence-electron chi connectivity index (χ3n) is 4.62. The van der Waals surface area contributed by atoms with Crippen LogP contribution in [0.25, 0.3) is 11.4 Å². The van der Waals surface area contributed by atoms with Crippen molar-refractivity contribution in [2.24, 2.45) is 5.92 Å². The Morgan fingerprint density at radius 2 is 1.92 bits per heavy atom. The van der Waals surface area contributed by atoms with Crippen molar-refractivity contribution in [1.82, 2.24) is 15.0 Å². The Hall–Kier alpha value is -2.21. The number of piperidine rings is 1. The van der Waals surface area contributed by atoms with Gasteiger partial charge in [0.1, 0.15) is 6.61 Å². The molecule has 1 aromatic carbocycles. The summed E-state index contributed by atoms with van der Waals surface area (Å²) < 4.78 is 11.1. The summed E-state index contributed by atoms with van der Waals surface area (Å²) in [5.41, 5.74) is 0.930. The van der Waals surface area contributed by atoms with Crippen molar-refractivity contribution in [3.05, 3.63) is 36.2 Å². The number of hydrogen-bond donors (Lipinski definition) is 0. The molecule has 0 unspecified atom stereocenters. The molecule has 1 aliphatic carbocycles. The molecule has 2 heterocycles. The van der Waals surface area contributed by atoms with Gasteiger partial charge in [-0.05, 0) is 25.7 Å². The molecular formula is C18H21N3O3. The minimum Gasteiger partial charge on any atom is -0.368 e. The van der Waals surface area contributed by atoms with Gasteiger partial charge in [0.25, 0.3) is 5.89 Å². The second-order valence-electron chi connectivity index (χ2n) is 6.49. The second-order valence-corrected chi connectivity index (χ2v) is 6.49. The summed E-state index contributed by atoms with van der Waals surface area (Å²) in [4.78, 5) is 18.4. The van der Waals surface area contributed by atoms with E-state index >= 15 is 0 Å². The number of carbonyl (C=O) groups is 1. The SMILES string of the molecule is O=C(C1CC1)N1CCC(OCc2nc(-c3ccccc3)no2)CC1. The number of carbonyl (C=O) groups excluding carboxylic acids is 1. The Morgan fingerprint density at radius 1 is 1.17 bits per heavy atom. The van der Waals surface area contributed by atoms with Crippen molar-refractivity contribution in [1.29, 1.82) is 0 Å². The smallest absolute Gasteiger partial charge is 0.252 e. The quantitative estimate of drug-likeness (QED) is 0.844. The van der Waals surface area contributed by atoms with Gasteiger partial charge in [0.05, 0.1) is 6.10 Å². The lowest BCUT2D eigenvalue weighted by molar-refractivity contribution is -0.135. The highest BCUT2D eigenvalue weighted by atomic mass is 16.5. The molecule has 2 aliphatic rings. The summed E-state index contributed by atoms with van der Waals surface area (Å²) in [7, 11) is 0. The number of rotatable bonds is 5. The average Bonchev–Trinajstić information content (AvgIpc) is 3.38. The zero-order chi connectivity index (χ0) is 16.4. The molecule has 6 heteroatoms. The summed E-state index contributed by atoms with van der Waals surface area (Å²) in [5.74, 6) is 1.71. The fourth-order valence-electron chi connectivity index (χ4n) is 3.04. The maximum absolute atomic E-state index is 12.0. The largest absolute Gasteiger partial charge is 0.368 e. The van der Waals surface area contributed by atoms with Crippen molar-refractivity contribution in [3.63, 3.8) is 0 Å². The molecule has 1 aromatic heterocycles. The third kappa shape index (κ3) is 3.48. The van der Waals surface area contributed by atoms with Crippen LogP contribution in [0.15, 0.2) is 34.9 Å². The lowest BCUT2D eigenvalue weighted by Crippen LogP contribution is -2.41. The van der Waals surface area contributed by atoms with Gasteiger partial charge in [-0.25, -0.2) is 0 Å². The molecular weight excluding hydrogens is 306 g/mol. The van der Waals surface area contributed by atoms with Crippen LogP contribution in [0.5, 0.6) is 0 Å². The molecule has 2 fully saturated rings. The molecule has 1 amide bonds. The number of hydrogen-bond acceptors (Lipinski definition) is 5. The van der Waals surface area contributed by atoms with Gasteiger partial charge in [-0.15, -0.1) is 0 Å². The first-order valence-corrected chi connectivity index (χ1v) is 8.58. The Labute approximate surface area is 140 Å². The van der Waals surface area contributed by atoms with Crippen molar-refractivity contribution in [3.8, 4) is 11.4 Å². The van der Waals surface area contributed by atoms with Crippen molar-refractivity contribution >= 4 is 5.91 Å². The first kappa shape index (κ1) is 15.3. The van der Waals surface area contributed by atoms with Crippen LogP contribution in [0.2, 0.25) is 0 Å². The fraction of sp³-hybridized carbons (Fsp3) is 0.500. The number of aromatic nitrogens is 2. The van der Waals surface area contributed by atoms with E-state index in [0.717, 1.165) is 44.3 Å². The molecule has 0 N–H and O–H groups in total. The molecule has 0 radical (unpaired) electrons. The van der Waals surface area contributed by atoms with E-state index in [-0.39, 0.29) is 6.10 Å². The lowest BCUT2D eigenvalue weighted by atomic mass is 10.1. The van der Waals surface area contributed by atoms with Gasteiger partial charge in [-0.2, -0.15) is 4.98 Å².